The van der Waals surface area contributed by atoms with Gasteiger partial charge >= 0.3 is 5.69 Å². The van der Waals surface area contributed by atoms with Crippen LogP contribution >= 0.6 is 0 Å². The number of anilines is 1. The highest BCUT2D eigenvalue weighted by atomic mass is 16.6. The van der Waals surface area contributed by atoms with E-state index in [0.717, 1.165) is 11.6 Å². The van der Waals surface area contributed by atoms with Gasteiger partial charge in [0.05, 0.1) is 4.92 Å². The number of nitro benzene ring substituents is 1. The van der Waals surface area contributed by atoms with Gasteiger partial charge in [0, 0.05) is 17.3 Å². The summed E-state index contributed by atoms with van der Waals surface area (Å²) in [4.78, 5) is 33.3. The van der Waals surface area contributed by atoms with Crippen molar-refractivity contribution in [2.24, 2.45) is 0 Å². The summed E-state index contributed by atoms with van der Waals surface area (Å²) >= 11 is 0. The molecule has 3 aromatic rings. The van der Waals surface area contributed by atoms with E-state index in [0.29, 0.717) is 23.5 Å². The van der Waals surface area contributed by atoms with Crippen molar-refractivity contribution in [2.75, 3.05) is 11.9 Å². The Bertz CT molecular complexity index is 1060. The number of aldehydes is 1. The molecule has 0 heterocycles. The molecule has 0 atom stereocenters. The van der Waals surface area contributed by atoms with Gasteiger partial charge in [-0.05, 0) is 55.5 Å². The molecule has 0 radical (unpaired) electrons. The monoisotopic (exact) mass is 406 g/mol. The maximum Gasteiger partial charge on any atom is 0.311 e. The summed E-state index contributed by atoms with van der Waals surface area (Å²) in [6.45, 7) is 1.56. The van der Waals surface area contributed by atoms with E-state index < -0.39 is 17.4 Å². The Balaban J connectivity index is 1.57. The van der Waals surface area contributed by atoms with Crippen molar-refractivity contribution in [1.29, 1.82) is 0 Å². The maximum absolute atomic E-state index is 12.1. The number of nitro groups is 1. The van der Waals surface area contributed by atoms with E-state index in [1.54, 1.807) is 24.3 Å². The fourth-order valence-electron chi connectivity index (χ4n) is 2.56. The minimum absolute atomic E-state index is 0.0948. The minimum Gasteiger partial charge on any atom is -0.477 e. The zero-order valence-corrected chi connectivity index (χ0v) is 16.0. The number of hydrogen-bond donors (Lipinski definition) is 1. The van der Waals surface area contributed by atoms with Crippen LogP contribution in [0.2, 0.25) is 0 Å². The Kier molecular flexibility index (Phi) is 6.39. The predicted molar refractivity (Wildman–Crippen MR) is 110 cm³/mol. The first kappa shape index (κ1) is 20.5. The highest BCUT2D eigenvalue weighted by Crippen LogP contribution is 2.27. The van der Waals surface area contributed by atoms with E-state index in [1.807, 2.05) is 31.2 Å². The molecule has 8 nitrogen and oxygen atoms in total. The van der Waals surface area contributed by atoms with Crippen LogP contribution in [-0.4, -0.2) is 23.7 Å². The van der Waals surface area contributed by atoms with Gasteiger partial charge in [0.2, 0.25) is 0 Å². The van der Waals surface area contributed by atoms with Crippen molar-refractivity contribution in [3.63, 3.8) is 0 Å². The lowest BCUT2D eigenvalue weighted by molar-refractivity contribution is -0.385. The molecule has 0 fully saturated rings. The minimum atomic E-state index is -0.674. The number of ether oxygens (including phenoxy) is 2. The van der Waals surface area contributed by atoms with Crippen molar-refractivity contribution < 1.29 is 24.0 Å². The van der Waals surface area contributed by atoms with Crippen molar-refractivity contribution in [2.45, 2.75) is 6.92 Å². The Morgan fingerprint density at radius 3 is 2.27 bits per heavy atom. The number of carbonyl (C=O) groups is 2. The van der Waals surface area contributed by atoms with Gasteiger partial charge in [-0.2, -0.15) is 0 Å². The molecule has 0 spiro atoms. The van der Waals surface area contributed by atoms with Gasteiger partial charge in [0.15, 0.2) is 12.4 Å². The quantitative estimate of drug-likeness (QED) is 0.335. The Morgan fingerprint density at radius 1 is 1.03 bits per heavy atom. The van der Waals surface area contributed by atoms with Crippen LogP contribution in [0.4, 0.5) is 11.4 Å². The molecule has 1 N–H and O–H groups in total. The second-order valence-corrected chi connectivity index (χ2v) is 6.38. The summed E-state index contributed by atoms with van der Waals surface area (Å²) in [5.74, 6) is 0.727. The van der Waals surface area contributed by atoms with Crippen LogP contribution in [-0.2, 0) is 4.79 Å². The molecule has 8 heteroatoms. The number of benzene rings is 3. The summed E-state index contributed by atoms with van der Waals surface area (Å²) in [5, 5.41) is 13.7. The van der Waals surface area contributed by atoms with E-state index in [-0.39, 0.29) is 17.0 Å². The lowest BCUT2D eigenvalue weighted by Crippen LogP contribution is -2.20. The molecular formula is C22H18N2O6. The zero-order valence-electron chi connectivity index (χ0n) is 16.0. The first-order chi connectivity index (χ1) is 14.4. The molecule has 0 aliphatic heterocycles. The van der Waals surface area contributed by atoms with Crippen molar-refractivity contribution >= 4 is 23.6 Å². The molecule has 30 heavy (non-hydrogen) atoms. The summed E-state index contributed by atoms with van der Waals surface area (Å²) in [7, 11) is 0. The molecule has 0 aromatic heterocycles. The van der Waals surface area contributed by atoms with Crippen molar-refractivity contribution in [1.82, 2.24) is 0 Å². The second-order valence-electron chi connectivity index (χ2n) is 6.38. The third-order valence-corrected chi connectivity index (χ3v) is 4.07. The van der Waals surface area contributed by atoms with Gasteiger partial charge in [0.25, 0.3) is 5.91 Å². The number of rotatable bonds is 8. The summed E-state index contributed by atoms with van der Waals surface area (Å²) in [5.41, 5.74) is 1.41. The van der Waals surface area contributed by atoms with E-state index in [9.17, 15) is 19.7 Å². The maximum atomic E-state index is 12.1. The number of carbonyl (C=O) groups excluding carboxylic acids is 2. The molecule has 152 valence electrons. The van der Waals surface area contributed by atoms with Gasteiger partial charge in [-0.25, -0.2) is 0 Å². The smallest absolute Gasteiger partial charge is 0.311 e. The molecule has 0 aliphatic carbocycles. The SMILES string of the molecule is Cc1ccc(Oc2ccc(NC(=O)COc3ccc(C=O)cc3[N+](=O)[O-])cc2)cc1. The van der Waals surface area contributed by atoms with Gasteiger partial charge in [0.1, 0.15) is 17.8 Å². The summed E-state index contributed by atoms with van der Waals surface area (Å²) in [6.07, 6.45) is 0.496. The molecule has 0 aliphatic rings. The van der Waals surface area contributed by atoms with Crippen molar-refractivity contribution in [3.8, 4) is 17.2 Å². The number of nitrogens with zero attached hydrogens (tertiary/aromatic N) is 1. The standard InChI is InChI=1S/C22H18N2O6/c1-15-2-7-18(8-3-15)30-19-9-5-17(6-10-19)23-22(26)14-29-21-11-4-16(13-25)12-20(21)24(27)28/h2-13H,14H2,1H3,(H,23,26). The van der Waals surface area contributed by atoms with Crippen LogP contribution in [0.3, 0.4) is 0 Å². The fraction of sp³-hybridized carbons (Fsp3) is 0.0909. The number of nitrogens with one attached hydrogen (secondary N) is 1. The van der Waals surface area contributed by atoms with E-state index in [4.69, 9.17) is 9.47 Å². The molecular weight excluding hydrogens is 388 g/mol. The van der Waals surface area contributed by atoms with Gasteiger partial charge in [-0.15, -0.1) is 0 Å². The Morgan fingerprint density at radius 2 is 1.67 bits per heavy atom. The lowest BCUT2D eigenvalue weighted by Gasteiger charge is -2.09. The zero-order chi connectivity index (χ0) is 21.5. The van der Waals surface area contributed by atoms with E-state index >= 15 is 0 Å². The molecule has 1 amide bonds. The molecule has 0 saturated heterocycles. The second kappa shape index (κ2) is 9.33. The number of aryl methyl sites for hydroxylation is 1. The fourth-order valence-corrected chi connectivity index (χ4v) is 2.56. The van der Waals surface area contributed by atoms with Crippen LogP contribution in [0.15, 0.2) is 66.7 Å². The highest BCUT2D eigenvalue weighted by Gasteiger charge is 2.17. The topological polar surface area (TPSA) is 108 Å². The molecule has 0 bridgehead atoms. The lowest BCUT2D eigenvalue weighted by atomic mass is 10.2. The first-order valence-corrected chi connectivity index (χ1v) is 8.95. The third-order valence-electron chi connectivity index (χ3n) is 4.07. The highest BCUT2D eigenvalue weighted by molar-refractivity contribution is 5.92. The number of hydrogen-bond acceptors (Lipinski definition) is 6. The molecule has 3 rings (SSSR count). The average molecular weight is 406 g/mol. The van der Waals surface area contributed by atoms with Crippen LogP contribution < -0.4 is 14.8 Å². The van der Waals surface area contributed by atoms with Crippen molar-refractivity contribution in [3.05, 3.63) is 88.0 Å². The Labute approximate surface area is 172 Å². The van der Waals surface area contributed by atoms with Crippen LogP contribution in [0.1, 0.15) is 15.9 Å². The average Bonchev–Trinajstić information content (AvgIpc) is 2.75. The number of amides is 1. The predicted octanol–water partition coefficient (Wildman–Crippen LogP) is 4.53. The van der Waals surface area contributed by atoms with Gasteiger partial charge in [-0.3, -0.25) is 19.7 Å². The third kappa shape index (κ3) is 5.41. The normalized spacial score (nSPS) is 10.2. The molecule has 3 aromatic carbocycles. The van der Waals surface area contributed by atoms with Crippen LogP contribution in [0.5, 0.6) is 17.2 Å². The molecule has 0 saturated carbocycles. The van der Waals surface area contributed by atoms with Gasteiger partial charge < -0.3 is 14.8 Å². The van der Waals surface area contributed by atoms with Crippen LogP contribution in [0.25, 0.3) is 0 Å². The van der Waals surface area contributed by atoms with E-state index in [2.05, 4.69) is 5.32 Å². The van der Waals surface area contributed by atoms with Gasteiger partial charge in [-0.1, -0.05) is 17.7 Å². The van der Waals surface area contributed by atoms with Crippen LogP contribution in [0, 0.1) is 17.0 Å². The first-order valence-electron chi connectivity index (χ1n) is 8.95. The van der Waals surface area contributed by atoms with E-state index in [1.165, 1.54) is 12.1 Å². The summed E-state index contributed by atoms with van der Waals surface area (Å²) in [6, 6.07) is 18.1. The summed E-state index contributed by atoms with van der Waals surface area (Å²) < 4.78 is 11.0. The largest absolute Gasteiger partial charge is 0.477 e. The Hall–Kier alpha value is -4.20. The molecule has 0 unspecified atom stereocenters.